The van der Waals surface area contributed by atoms with Crippen LogP contribution in [-0.4, -0.2) is 12.5 Å². The molecule has 0 saturated carbocycles. The predicted molar refractivity (Wildman–Crippen MR) is 79.7 cm³/mol. The zero-order valence-electron chi connectivity index (χ0n) is 12.2. The van der Waals surface area contributed by atoms with Crippen molar-refractivity contribution in [2.75, 3.05) is 12.0 Å². The van der Waals surface area contributed by atoms with Gasteiger partial charge in [0.15, 0.2) is 29.9 Å². The molecular weight excluding hydrogens is 352 g/mol. The number of halogens is 5. The summed E-state index contributed by atoms with van der Waals surface area (Å²) in [6, 6.07) is 4.74. The third kappa shape index (κ3) is 4.08. The molecule has 0 aromatic heterocycles. The number of benzene rings is 2. The van der Waals surface area contributed by atoms with Crippen molar-refractivity contribution in [2.45, 2.75) is 6.92 Å². The fourth-order valence-electron chi connectivity index (χ4n) is 1.71. The molecule has 1 amide bonds. The monoisotopic (exact) mass is 362 g/mol. The highest BCUT2D eigenvalue weighted by molar-refractivity contribution is 6.31. The summed E-state index contributed by atoms with van der Waals surface area (Å²) in [5, 5.41) is 0.521. The second-order valence-corrected chi connectivity index (χ2v) is 5.12. The largest absolute Gasteiger partial charge is 0.484 e. The number of anilines is 1. The summed E-state index contributed by atoms with van der Waals surface area (Å²) >= 11 is 5.84. The number of ether oxygens (including phenoxy) is 1. The third-order valence-electron chi connectivity index (χ3n) is 2.94. The van der Waals surface area contributed by atoms with Crippen molar-refractivity contribution in [3.63, 3.8) is 0 Å². The summed E-state index contributed by atoms with van der Waals surface area (Å²) in [5.41, 5.74) is 3.25. The molecule has 9 heteroatoms. The van der Waals surface area contributed by atoms with E-state index in [0.29, 0.717) is 10.8 Å². The maximum Gasteiger partial charge on any atom is 0.276 e. The van der Waals surface area contributed by atoms with E-state index in [1.165, 1.54) is 6.07 Å². The number of aryl methyl sites for hydroxylation is 1. The number of rotatable bonds is 5. The molecule has 0 bridgehead atoms. The van der Waals surface area contributed by atoms with E-state index in [2.05, 4.69) is 0 Å². The van der Waals surface area contributed by atoms with Gasteiger partial charge in [0, 0.05) is 11.1 Å². The van der Waals surface area contributed by atoms with Crippen molar-refractivity contribution in [2.24, 2.45) is 0 Å². The fourth-order valence-corrected chi connectivity index (χ4v) is 1.82. The maximum atomic E-state index is 13.4. The number of amides is 1. The van der Waals surface area contributed by atoms with Gasteiger partial charge < -0.3 is 4.74 Å². The molecule has 128 valence electrons. The molecule has 0 aliphatic heterocycles. The van der Waals surface area contributed by atoms with Gasteiger partial charge in [-0.3, -0.25) is 15.6 Å². The summed E-state index contributed by atoms with van der Waals surface area (Å²) in [6.07, 6.45) is 0. The molecule has 2 rings (SSSR count). The van der Waals surface area contributed by atoms with E-state index >= 15 is 0 Å². The molecule has 0 unspecified atom stereocenters. The smallest absolute Gasteiger partial charge is 0.276 e. The minimum Gasteiger partial charge on any atom is -0.484 e. The Hall–Kier alpha value is -2.48. The third-order valence-corrected chi connectivity index (χ3v) is 3.36. The van der Waals surface area contributed by atoms with Gasteiger partial charge in [0.1, 0.15) is 11.4 Å². The Balaban J connectivity index is 1.95. The zero-order chi connectivity index (χ0) is 17.9. The highest BCUT2D eigenvalue weighted by atomic mass is 35.5. The van der Waals surface area contributed by atoms with Gasteiger partial charge in [-0.05, 0) is 30.7 Å². The Morgan fingerprint density at radius 2 is 1.75 bits per heavy atom. The van der Waals surface area contributed by atoms with Crippen LogP contribution in [0.4, 0.5) is 23.2 Å². The first-order chi connectivity index (χ1) is 11.3. The van der Waals surface area contributed by atoms with Crippen molar-refractivity contribution in [1.82, 2.24) is 5.43 Å². The van der Waals surface area contributed by atoms with E-state index in [1.54, 1.807) is 24.5 Å². The van der Waals surface area contributed by atoms with Gasteiger partial charge in [0.05, 0.1) is 0 Å². The Morgan fingerprint density at radius 3 is 2.33 bits per heavy atom. The van der Waals surface area contributed by atoms with Gasteiger partial charge in [-0.15, -0.1) is 0 Å². The lowest BCUT2D eigenvalue weighted by atomic mass is 10.2. The van der Waals surface area contributed by atoms with Gasteiger partial charge in [-0.25, -0.2) is 17.6 Å². The van der Waals surface area contributed by atoms with Crippen molar-refractivity contribution in [1.29, 1.82) is 0 Å². The summed E-state index contributed by atoms with van der Waals surface area (Å²) in [4.78, 5) is 11.6. The van der Waals surface area contributed by atoms with Crippen molar-refractivity contribution in [3.8, 4) is 5.75 Å². The van der Waals surface area contributed by atoms with Crippen LogP contribution in [0.5, 0.6) is 5.75 Å². The van der Waals surface area contributed by atoms with Crippen LogP contribution in [0.1, 0.15) is 5.56 Å². The van der Waals surface area contributed by atoms with Crippen LogP contribution in [0.25, 0.3) is 0 Å². The van der Waals surface area contributed by atoms with Crippen LogP contribution in [0, 0.1) is 30.2 Å². The molecule has 0 saturated heterocycles. The van der Waals surface area contributed by atoms with Crippen molar-refractivity contribution in [3.05, 3.63) is 58.1 Å². The second-order valence-electron chi connectivity index (χ2n) is 4.72. The molecule has 2 N–H and O–H groups in total. The summed E-state index contributed by atoms with van der Waals surface area (Å²) in [7, 11) is 0. The maximum absolute atomic E-state index is 13.4. The number of hydrazine groups is 1. The van der Waals surface area contributed by atoms with Gasteiger partial charge in [-0.1, -0.05) is 11.6 Å². The van der Waals surface area contributed by atoms with Crippen LogP contribution >= 0.6 is 11.6 Å². The van der Waals surface area contributed by atoms with Gasteiger partial charge >= 0.3 is 0 Å². The van der Waals surface area contributed by atoms with Crippen LogP contribution in [0.2, 0.25) is 5.02 Å². The predicted octanol–water partition coefficient (Wildman–Crippen LogP) is 3.73. The molecule has 0 fully saturated rings. The van der Waals surface area contributed by atoms with Crippen LogP contribution < -0.4 is 15.6 Å². The average Bonchev–Trinajstić information content (AvgIpc) is 2.54. The standard InChI is InChI=1S/C15H11ClF4N2O2/c1-7-4-8(2-3-9(7)16)24-6-12(23)21-22-15-13(19)10(17)5-11(18)14(15)20/h2-5,22H,6H2,1H3,(H,21,23). The minimum absolute atomic E-state index is 0.0592. The van der Waals surface area contributed by atoms with Crippen molar-refractivity contribution < 1.29 is 27.1 Å². The van der Waals surface area contributed by atoms with Crippen LogP contribution in [-0.2, 0) is 4.79 Å². The number of carbonyl (C=O) groups excluding carboxylic acids is 1. The first-order valence-electron chi connectivity index (χ1n) is 6.56. The van der Waals surface area contributed by atoms with Crippen LogP contribution in [0.3, 0.4) is 0 Å². The number of hydrogen-bond donors (Lipinski definition) is 2. The zero-order valence-corrected chi connectivity index (χ0v) is 13.0. The van der Waals surface area contributed by atoms with E-state index < -0.39 is 41.5 Å². The van der Waals surface area contributed by atoms with Gasteiger partial charge in [0.2, 0.25) is 0 Å². The van der Waals surface area contributed by atoms with E-state index in [1.807, 2.05) is 5.43 Å². The van der Waals surface area contributed by atoms with E-state index in [4.69, 9.17) is 16.3 Å². The van der Waals surface area contributed by atoms with Gasteiger partial charge in [-0.2, -0.15) is 0 Å². The second kappa shape index (κ2) is 7.39. The van der Waals surface area contributed by atoms with E-state index in [9.17, 15) is 22.4 Å². The summed E-state index contributed by atoms with van der Waals surface area (Å²) < 4.78 is 58.0. The molecule has 4 nitrogen and oxygen atoms in total. The lowest BCUT2D eigenvalue weighted by molar-refractivity contribution is -0.122. The van der Waals surface area contributed by atoms with E-state index in [0.717, 1.165) is 5.56 Å². The topological polar surface area (TPSA) is 50.4 Å². The fraction of sp³-hybridized carbons (Fsp3) is 0.133. The number of hydrogen-bond acceptors (Lipinski definition) is 3. The summed E-state index contributed by atoms with van der Waals surface area (Å²) in [6.45, 7) is 1.23. The molecule has 2 aromatic carbocycles. The first kappa shape index (κ1) is 17.9. The lowest BCUT2D eigenvalue weighted by Crippen LogP contribution is -2.34. The summed E-state index contributed by atoms with van der Waals surface area (Å²) in [5.74, 6) is -7.00. The number of carbonyl (C=O) groups is 1. The Kier molecular flexibility index (Phi) is 5.50. The molecule has 0 aliphatic rings. The van der Waals surface area contributed by atoms with Crippen molar-refractivity contribution >= 4 is 23.2 Å². The quantitative estimate of drug-likeness (QED) is 0.484. The molecule has 0 aliphatic carbocycles. The molecular formula is C15H11ClF4N2O2. The molecule has 24 heavy (non-hydrogen) atoms. The Labute approximate surface area is 139 Å². The lowest BCUT2D eigenvalue weighted by Gasteiger charge is -2.12. The molecule has 0 spiro atoms. The average molecular weight is 363 g/mol. The molecule has 0 radical (unpaired) electrons. The normalized spacial score (nSPS) is 10.4. The Bertz CT molecular complexity index is 760. The molecule has 2 aromatic rings. The first-order valence-corrected chi connectivity index (χ1v) is 6.94. The molecule has 0 heterocycles. The number of nitrogens with one attached hydrogen (secondary N) is 2. The van der Waals surface area contributed by atoms with Gasteiger partial charge in [0.25, 0.3) is 5.91 Å². The molecule has 0 atom stereocenters. The minimum atomic E-state index is -1.66. The Morgan fingerprint density at radius 1 is 1.12 bits per heavy atom. The van der Waals surface area contributed by atoms with E-state index in [-0.39, 0.29) is 6.07 Å². The highest BCUT2D eigenvalue weighted by Crippen LogP contribution is 2.23. The SMILES string of the molecule is Cc1cc(OCC(=O)NNc2c(F)c(F)cc(F)c2F)ccc1Cl. The van der Waals surface area contributed by atoms with Crippen LogP contribution in [0.15, 0.2) is 24.3 Å². The highest BCUT2D eigenvalue weighted by Gasteiger charge is 2.19.